The first-order valence-corrected chi connectivity index (χ1v) is 8.69. The number of benzene rings is 2. The summed E-state index contributed by atoms with van der Waals surface area (Å²) in [7, 11) is 1.68. The number of thioether (sulfide) groups is 1. The fraction of sp³-hybridized carbons (Fsp3) is 0.444. The maximum absolute atomic E-state index is 5.81. The molecule has 0 atom stereocenters. The zero-order valence-corrected chi connectivity index (χ0v) is 14.2. The summed E-state index contributed by atoms with van der Waals surface area (Å²) in [4.78, 5) is 1.27. The van der Waals surface area contributed by atoms with Gasteiger partial charge in [-0.1, -0.05) is 31.2 Å². The number of fused-ring (bicyclic) bond motifs is 1. The molecular formula is C18H24O3S. The van der Waals surface area contributed by atoms with E-state index in [1.165, 1.54) is 10.3 Å². The summed E-state index contributed by atoms with van der Waals surface area (Å²) in [5, 5.41) is 2.39. The lowest BCUT2D eigenvalue weighted by Crippen LogP contribution is -2.04. The second-order valence-corrected chi connectivity index (χ2v) is 6.05. The first-order chi connectivity index (χ1) is 10.9. The van der Waals surface area contributed by atoms with E-state index in [4.69, 9.17) is 14.2 Å². The molecule has 0 saturated carbocycles. The van der Waals surface area contributed by atoms with Gasteiger partial charge in [-0.05, 0) is 23.9 Å². The lowest BCUT2D eigenvalue weighted by atomic mass is 10.1. The van der Waals surface area contributed by atoms with Crippen molar-refractivity contribution in [2.24, 2.45) is 0 Å². The Hall–Kier alpha value is -1.23. The van der Waals surface area contributed by atoms with E-state index in [2.05, 4.69) is 31.2 Å². The van der Waals surface area contributed by atoms with Gasteiger partial charge in [0.25, 0.3) is 0 Å². The number of methoxy groups -OCH3 is 1. The van der Waals surface area contributed by atoms with Crippen molar-refractivity contribution < 1.29 is 14.2 Å². The van der Waals surface area contributed by atoms with Crippen LogP contribution in [-0.4, -0.2) is 39.3 Å². The molecule has 0 bridgehead atoms. The van der Waals surface area contributed by atoms with Crippen LogP contribution in [0.4, 0.5) is 0 Å². The molecule has 0 aliphatic carbocycles. The van der Waals surface area contributed by atoms with E-state index < -0.39 is 0 Å². The van der Waals surface area contributed by atoms with E-state index in [1.807, 2.05) is 23.9 Å². The van der Waals surface area contributed by atoms with Crippen LogP contribution in [0.1, 0.15) is 13.3 Å². The van der Waals surface area contributed by atoms with Gasteiger partial charge in [0.1, 0.15) is 12.4 Å². The maximum Gasteiger partial charge on any atom is 0.127 e. The molecule has 2 aromatic carbocycles. The lowest BCUT2D eigenvalue weighted by molar-refractivity contribution is 0.147. The zero-order chi connectivity index (χ0) is 15.6. The van der Waals surface area contributed by atoms with E-state index in [9.17, 15) is 0 Å². The highest BCUT2D eigenvalue weighted by molar-refractivity contribution is 7.99. The van der Waals surface area contributed by atoms with Crippen molar-refractivity contribution in [2.45, 2.75) is 18.2 Å². The zero-order valence-electron chi connectivity index (χ0n) is 13.3. The molecule has 2 rings (SSSR count). The van der Waals surface area contributed by atoms with E-state index in [1.54, 1.807) is 7.11 Å². The van der Waals surface area contributed by atoms with Gasteiger partial charge in [-0.2, -0.15) is 0 Å². The normalized spacial score (nSPS) is 11.0. The van der Waals surface area contributed by atoms with Gasteiger partial charge in [0.15, 0.2) is 0 Å². The van der Waals surface area contributed by atoms with Gasteiger partial charge < -0.3 is 14.2 Å². The summed E-state index contributed by atoms with van der Waals surface area (Å²) < 4.78 is 16.4. The Morgan fingerprint density at radius 3 is 2.50 bits per heavy atom. The molecule has 0 amide bonds. The molecule has 0 heterocycles. The van der Waals surface area contributed by atoms with Gasteiger partial charge in [-0.3, -0.25) is 0 Å². The molecule has 0 radical (unpaired) electrons. The molecule has 0 aliphatic rings. The largest absolute Gasteiger partial charge is 0.491 e. The Morgan fingerprint density at radius 1 is 0.909 bits per heavy atom. The average Bonchev–Trinajstić information content (AvgIpc) is 2.56. The summed E-state index contributed by atoms with van der Waals surface area (Å²) in [6.07, 6.45) is 1.07. The molecule has 4 heteroatoms. The van der Waals surface area contributed by atoms with Crippen LogP contribution in [0.5, 0.6) is 5.75 Å². The van der Waals surface area contributed by atoms with Crippen molar-refractivity contribution in [3.63, 3.8) is 0 Å². The Labute approximate surface area is 136 Å². The Bertz CT molecular complexity index is 571. The minimum Gasteiger partial charge on any atom is -0.491 e. The van der Waals surface area contributed by atoms with Crippen LogP contribution in [-0.2, 0) is 9.47 Å². The molecule has 0 spiro atoms. The quantitative estimate of drug-likeness (QED) is 0.479. The Morgan fingerprint density at radius 2 is 1.73 bits per heavy atom. The summed E-state index contributed by atoms with van der Waals surface area (Å²) in [5.41, 5.74) is 0. The van der Waals surface area contributed by atoms with Gasteiger partial charge in [0.2, 0.25) is 0 Å². The van der Waals surface area contributed by atoms with Gasteiger partial charge in [0, 0.05) is 29.8 Å². The minimum absolute atomic E-state index is 0.567. The standard InChI is InChI=1S/C18H24O3S/c1-3-10-20-13-14-22-18-9-8-17(21-12-11-19-2)15-6-4-5-7-16(15)18/h4-9H,3,10-14H2,1-2H3. The van der Waals surface area contributed by atoms with Crippen LogP contribution in [0.25, 0.3) is 10.8 Å². The van der Waals surface area contributed by atoms with Gasteiger partial charge >= 0.3 is 0 Å². The molecule has 0 fully saturated rings. The van der Waals surface area contributed by atoms with Gasteiger partial charge in [0.05, 0.1) is 13.2 Å². The monoisotopic (exact) mass is 320 g/mol. The van der Waals surface area contributed by atoms with Gasteiger partial charge in [-0.15, -0.1) is 11.8 Å². The smallest absolute Gasteiger partial charge is 0.127 e. The molecule has 2 aromatic rings. The second-order valence-electron chi connectivity index (χ2n) is 4.91. The predicted molar refractivity (Wildman–Crippen MR) is 93.2 cm³/mol. The second kappa shape index (κ2) is 9.72. The predicted octanol–water partition coefficient (Wildman–Crippen LogP) is 4.38. The molecule has 0 aliphatic heterocycles. The van der Waals surface area contributed by atoms with E-state index in [0.29, 0.717) is 13.2 Å². The van der Waals surface area contributed by atoms with E-state index in [-0.39, 0.29) is 0 Å². The third-order valence-corrected chi connectivity index (χ3v) is 4.26. The van der Waals surface area contributed by atoms with Crippen molar-refractivity contribution in [1.29, 1.82) is 0 Å². The molecule has 0 N–H and O–H groups in total. The fourth-order valence-electron chi connectivity index (χ4n) is 2.19. The first-order valence-electron chi connectivity index (χ1n) is 7.71. The van der Waals surface area contributed by atoms with Crippen LogP contribution >= 0.6 is 11.8 Å². The summed E-state index contributed by atoms with van der Waals surface area (Å²) in [6, 6.07) is 12.5. The van der Waals surface area contributed by atoms with Crippen molar-refractivity contribution >= 4 is 22.5 Å². The third kappa shape index (κ3) is 4.90. The Balaban J connectivity index is 2.07. The highest BCUT2D eigenvalue weighted by Gasteiger charge is 2.07. The van der Waals surface area contributed by atoms with Crippen LogP contribution in [0.3, 0.4) is 0 Å². The number of ether oxygens (including phenoxy) is 3. The molecular weight excluding hydrogens is 296 g/mol. The summed E-state index contributed by atoms with van der Waals surface area (Å²) >= 11 is 1.83. The van der Waals surface area contributed by atoms with Gasteiger partial charge in [-0.25, -0.2) is 0 Å². The van der Waals surface area contributed by atoms with Crippen molar-refractivity contribution in [1.82, 2.24) is 0 Å². The Kier molecular flexibility index (Phi) is 7.57. The summed E-state index contributed by atoms with van der Waals surface area (Å²) in [5.74, 6) is 1.88. The SMILES string of the molecule is CCCOCCSc1ccc(OCCOC)c2ccccc12. The van der Waals surface area contributed by atoms with Crippen molar-refractivity contribution in [3.8, 4) is 5.75 Å². The molecule has 0 saturated heterocycles. The van der Waals surface area contributed by atoms with Crippen LogP contribution in [0.15, 0.2) is 41.3 Å². The molecule has 3 nitrogen and oxygen atoms in total. The molecule has 0 unspecified atom stereocenters. The topological polar surface area (TPSA) is 27.7 Å². The summed E-state index contributed by atoms with van der Waals surface area (Å²) in [6.45, 7) is 4.92. The molecule has 22 heavy (non-hydrogen) atoms. The number of hydrogen-bond donors (Lipinski definition) is 0. The molecule has 0 aromatic heterocycles. The lowest BCUT2D eigenvalue weighted by Gasteiger charge is -2.12. The third-order valence-electron chi connectivity index (χ3n) is 3.22. The number of hydrogen-bond acceptors (Lipinski definition) is 4. The minimum atomic E-state index is 0.567. The van der Waals surface area contributed by atoms with Crippen LogP contribution < -0.4 is 4.74 Å². The fourth-order valence-corrected chi connectivity index (χ4v) is 3.11. The van der Waals surface area contributed by atoms with Crippen molar-refractivity contribution in [3.05, 3.63) is 36.4 Å². The number of rotatable bonds is 10. The highest BCUT2D eigenvalue weighted by atomic mass is 32.2. The maximum atomic E-state index is 5.81. The van der Waals surface area contributed by atoms with Crippen LogP contribution in [0, 0.1) is 0 Å². The first kappa shape index (κ1) is 17.1. The van der Waals surface area contributed by atoms with E-state index in [0.717, 1.165) is 36.5 Å². The van der Waals surface area contributed by atoms with Crippen LogP contribution in [0.2, 0.25) is 0 Å². The van der Waals surface area contributed by atoms with E-state index >= 15 is 0 Å². The average molecular weight is 320 g/mol. The highest BCUT2D eigenvalue weighted by Crippen LogP contribution is 2.33. The van der Waals surface area contributed by atoms with Crippen molar-refractivity contribution in [2.75, 3.05) is 39.3 Å². The molecule has 120 valence electrons.